The summed E-state index contributed by atoms with van der Waals surface area (Å²) in [6.45, 7) is 12.2. The number of likely N-dealkylation sites (tertiary alicyclic amines) is 1. The molecule has 0 aliphatic carbocycles. The van der Waals surface area contributed by atoms with Gasteiger partial charge in [0.1, 0.15) is 0 Å². The maximum absolute atomic E-state index is 11.6. The van der Waals surface area contributed by atoms with Crippen molar-refractivity contribution < 1.29 is 9.53 Å². The van der Waals surface area contributed by atoms with E-state index in [0.29, 0.717) is 24.4 Å². The van der Waals surface area contributed by atoms with Gasteiger partial charge in [-0.1, -0.05) is 20.8 Å². The van der Waals surface area contributed by atoms with Gasteiger partial charge in [0, 0.05) is 31.6 Å². The van der Waals surface area contributed by atoms with Crippen LogP contribution in [-0.4, -0.2) is 49.7 Å². The summed E-state index contributed by atoms with van der Waals surface area (Å²) >= 11 is 0. The molecule has 1 saturated heterocycles. The SMILES string of the molecule is CCC(C)N1CC(CC(=O)OC)CC(NCCC(C)C)C1. The highest BCUT2D eigenvalue weighted by Gasteiger charge is 2.30. The number of hydrogen-bond donors (Lipinski definition) is 1. The molecule has 1 rings (SSSR count). The van der Waals surface area contributed by atoms with Gasteiger partial charge in [0.2, 0.25) is 0 Å². The number of nitrogens with zero attached hydrogens (tertiary/aromatic N) is 1. The molecule has 1 aliphatic rings. The van der Waals surface area contributed by atoms with Crippen molar-refractivity contribution >= 4 is 5.97 Å². The topological polar surface area (TPSA) is 41.6 Å². The average Bonchev–Trinajstić information content (AvgIpc) is 2.45. The first-order chi connectivity index (χ1) is 9.96. The fraction of sp³-hybridized carbons (Fsp3) is 0.941. The van der Waals surface area contributed by atoms with E-state index in [0.717, 1.165) is 38.4 Å². The zero-order valence-corrected chi connectivity index (χ0v) is 14.5. The number of nitrogens with one attached hydrogen (secondary N) is 1. The van der Waals surface area contributed by atoms with Crippen LogP contribution < -0.4 is 5.32 Å². The zero-order chi connectivity index (χ0) is 15.8. The van der Waals surface area contributed by atoms with Crippen LogP contribution in [0.5, 0.6) is 0 Å². The summed E-state index contributed by atoms with van der Waals surface area (Å²) in [5.74, 6) is 1.07. The average molecular weight is 298 g/mol. The van der Waals surface area contributed by atoms with Gasteiger partial charge < -0.3 is 10.1 Å². The highest BCUT2D eigenvalue weighted by molar-refractivity contribution is 5.69. The Morgan fingerprint density at radius 1 is 1.33 bits per heavy atom. The van der Waals surface area contributed by atoms with Crippen LogP contribution in [0, 0.1) is 11.8 Å². The Hall–Kier alpha value is -0.610. The molecule has 0 radical (unpaired) electrons. The van der Waals surface area contributed by atoms with Gasteiger partial charge in [-0.3, -0.25) is 9.69 Å². The number of carbonyl (C=O) groups excluding carboxylic acids is 1. The van der Waals surface area contributed by atoms with Gasteiger partial charge in [-0.05, 0) is 44.6 Å². The molecule has 1 aliphatic heterocycles. The number of esters is 1. The van der Waals surface area contributed by atoms with E-state index in [1.807, 2.05) is 0 Å². The smallest absolute Gasteiger partial charge is 0.305 e. The van der Waals surface area contributed by atoms with Crippen molar-refractivity contribution in [2.75, 3.05) is 26.7 Å². The van der Waals surface area contributed by atoms with Gasteiger partial charge in [0.05, 0.1) is 7.11 Å². The molecule has 1 heterocycles. The largest absolute Gasteiger partial charge is 0.469 e. The highest BCUT2D eigenvalue weighted by Crippen LogP contribution is 2.23. The number of carbonyl (C=O) groups is 1. The molecule has 0 spiro atoms. The molecule has 3 atom stereocenters. The van der Waals surface area contributed by atoms with Crippen LogP contribution >= 0.6 is 0 Å². The Balaban J connectivity index is 2.54. The molecule has 1 N–H and O–H groups in total. The number of ether oxygens (including phenoxy) is 1. The zero-order valence-electron chi connectivity index (χ0n) is 14.5. The van der Waals surface area contributed by atoms with E-state index in [1.54, 1.807) is 0 Å². The third-order valence-corrected chi connectivity index (χ3v) is 4.62. The Labute approximate surface area is 130 Å². The molecule has 3 unspecified atom stereocenters. The van der Waals surface area contributed by atoms with Crippen LogP contribution in [0.2, 0.25) is 0 Å². The van der Waals surface area contributed by atoms with E-state index in [-0.39, 0.29) is 5.97 Å². The van der Waals surface area contributed by atoms with Gasteiger partial charge in [0.25, 0.3) is 0 Å². The predicted octanol–water partition coefficient (Wildman–Crippen LogP) is 2.67. The van der Waals surface area contributed by atoms with Crippen molar-refractivity contribution in [2.24, 2.45) is 11.8 Å². The number of methoxy groups -OCH3 is 1. The summed E-state index contributed by atoms with van der Waals surface area (Å²) in [5.41, 5.74) is 0. The Morgan fingerprint density at radius 3 is 2.62 bits per heavy atom. The van der Waals surface area contributed by atoms with Crippen molar-refractivity contribution in [1.29, 1.82) is 0 Å². The normalized spacial score (nSPS) is 25.0. The summed E-state index contributed by atoms with van der Waals surface area (Å²) in [6.07, 6.45) is 4.00. The van der Waals surface area contributed by atoms with Crippen molar-refractivity contribution in [1.82, 2.24) is 10.2 Å². The van der Waals surface area contributed by atoms with Gasteiger partial charge in [-0.15, -0.1) is 0 Å². The second kappa shape index (κ2) is 9.42. The summed E-state index contributed by atoms with van der Waals surface area (Å²) in [5, 5.41) is 3.69. The number of rotatable bonds is 8. The second-order valence-electron chi connectivity index (χ2n) is 6.93. The van der Waals surface area contributed by atoms with Crippen LogP contribution in [-0.2, 0) is 9.53 Å². The van der Waals surface area contributed by atoms with Gasteiger partial charge >= 0.3 is 5.97 Å². The molecule has 0 saturated carbocycles. The van der Waals surface area contributed by atoms with E-state index in [1.165, 1.54) is 13.5 Å². The molecular weight excluding hydrogens is 264 g/mol. The number of hydrogen-bond acceptors (Lipinski definition) is 4. The minimum atomic E-state index is -0.0769. The predicted molar refractivity (Wildman–Crippen MR) is 87.3 cm³/mol. The van der Waals surface area contributed by atoms with Gasteiger partial charge in [-0.25, -0.2) is 0 Å². The molecule has 0 bridgehead atoms. The molecule has 0 aromatic carbocycles. The molecular formula is C17H34N2O2. The first-order valence-electron chi connectivity index (χ1n) is 8.50. The lowest BCUT2D eigenvalue weighted by molar-refractivity contribution is -0.142. The van der Waals surface area contributed by atoms with Crippen LogP contribution in [0.3, 0.4) is 0 Å². The summed E-state index contributed by atoms with van der Waals surface area (Å²) in [4.78, 5) is 14.1. The lowest BCUT2D eigenvalue weighted by atomic mass is 9.90. The quantitative estimate of drug-likeness (QED) is 0.700. The fourth-order valence-electron chi connectivity index (χ4n) is 3.05. The lowest BCUT2D eigenvalue weighted by Crippen LogP contribution is -2.52. The van der Waals surface area contributed by atoms with Crippen LogP contribution in [0.1, 0.15) is 53.4 Å². The minimum absolute atomic E-state index is 0.0769. The maximum Gasteiger partial charge on any atom is 0.305 e. The van der Waals surface area contributed by atoms with E-state index >= 15 is 0 Å². The molecule has 1 fully saturated rings. The highest BCUT2D eigenvalue weighted by atomic mass is 16.5. The minimum Gasteiger partial charge on any atom is -0.469 e. The first-order valence-corrected chi connectivity index (χ1v) is 8.50. The van der Waals surface area contributed by atoms with Gasteiger partial charge in [-0.2, -0.15) is 0 Å². The van der Waals surface area contributed by atoms with Crippen molar-refractivity contribution in [2.45, 2.75) is 65.5 Å². The molecule has 0 aromatic heterocycles. The Bertz CT molecular complexity index is 307. The van der Waals surface area contributed by atoms with E-state index in [2.05, 4.69) is 37.9 Å². The van der Waals surface area contributed by atoms with Gasteiger partial charge in [0.15, 0.2) is 0 Å². The molecule has 21 heavy (non-hydrogen) atoms. The maximum atomic E-state index is 11.6. The molecule has 124 valence electrons. The Morgan fingerprint density at radius 2 is 2.05 bits per heavy atom. The standard InChI is InChI=1S/C17H34N2O2/c1-6-14(4)19-11-15(10-17(20)21-5)9-16(12-19)18-8-7-13(2)3/h13-16,18H,6-12H2,1-5H3. The van der Waals surface area contributed by atoms with Crippen LogP contribution in [0.4, 0.5) is 0 Å². The third kappa shape index (κ3) is 6.79. The molecule has 0 aromatic rings. The summed E-state index contributed by atoms with van der Waals surface area (Å²) < 4.78 is 4.84. The lowest BCUT2D eigenvalue weighted by Gasteiger charge is -2.41. The third-order valence-electron chi connectivity index (χ3n) is 4.62. The second-order valence-corrected chi connectivity index (χ2v) is 6.93. The van der Waals surface area contributed by atoms with Crippen LogP contribution in [0.25, 0.3) is 0 Å². The summed E-state index contributed by atoms with van der Waals surface area (Å²) in [7, 11) is 1.48. The first kappa shape index (κ1) is 18.4. The molecule has 4 nitrogen and oxygen atoms in total. The Kier molecular flexibility index (Phi) is 8.27. The van der Waals surface area contributed by atoms with Crippen molar-refractivity contribution in [3.63, 3.8) is 0 Å². The van der Waals surface area contributed by atoms with Crippen molar-refractivity contribution in [3.05, 3.63) is 0 Å². The monoisotopic (exact) mass is 298 g/mol. The van der Waals surface area contributed by atoms with E-state index < -0.39 is 0 Å². The molecule has 4 heteroatoms. The molecule has 0 amide bonds. The van der Waals surface area contributed by atoms with E-state index in [9.17, 15) is 4.79 Å². The van der Waals surface area contributed by atoms with E-state index in [4.69, 9.17) is 4.74 Å². The number of piperidine rings is 1. The van der Waals surface area contributed by atoms with Crippen LogP contribution in [0.15, 0.2) is 0 Å². The fourth-order valence-corrected chi connectivity index (χ4v) is 3.05. The van der Waals surface area contributed by atoms with Crippen molar-refractivity contribution in [3.8, 4) is 0 Å². The summed E-state index contributed by atoms with van der Waals surface area (Å²) in [6, 6.07) is 1.08.